The monoisotopic (exact) mass is 303 g/mol. The van der Waals surface area contributed by atoms with E-state index < -0.39 is 12.0 Å². The van der Waals surface area contributed by atoms with E-state index in [0.717, 1.165) is 38.5 Å². The molecule has 2 N–H and O–H groups in total. The Balaban J connectivity index is 1.95. The number of nitrogens with one attached hydrogen (secondary N) is 1. The summed E-state index contributed by atoms with van der Waals surface area (Å²) in [6.07, 6.45) is 0.953. The maximum absolute atomic E-state index is 12.2. The van der Waals surface area contributed by atoms with Crippen LogP contribution in [0.15, 0.2) is 24.3 Å². The van der Waals surface area contributed by atoms with Gasteiger partial charge in [0, 0.05) is 18.3 Å². The summed E-state index contributed by atoms with van der Waals surface area (Å²) in [7, 11) is 0. The van der Waals surface area contributed by atoms with E-state index in [0.29, 0.717) is 12.2 Å². The lowest BCUT2D eigenvalue weighted by Gasteiger charge is -2.27. The molecule has 0 bridgehead atoms. The summed E-state index contributed by atoms with van der Waals surface area (Å²) in [5.74, 6) is -0.264. The maximum atomic E-state index is 12.2. The molecule has 6 heteroatoms. The smallest absolute Gasteiger partial charge is 0.406 e. The fraction of sp³-hybridized carbons (Fsp3) is 0.600. The van der Waals surface area contributed by atoms with Gasteiger partial charge in [-0.25, -0.2) is 0 Å². The van der Waals surface area contributed by atoms with E-state index in [9.17, 15) is 18.3 Å². The van der Waals surface area contributed by atoms with Crippen LogP contribution in [0.5, 0.6) is 5.75 Å². The minimum Gasteiger partial charge on any atom is -0.406 e. The lowest BCUT2D eigenvalue weighted by atomic mass is 9.94. The fourth-order valence-electron chi connectivity index (χ4n) is 2.63. The number of alkyl halides is 3. The van der Waals surface area contributed by atoms with Gasteiger partial charge in [-0.15, -0.1) is 13.2 Å². The van der Waals surface area contributed by atoms with Gasteiger partial charge in [0.25, 0.3) is 0 Å². The van der Waals surface area contributed by atoms with Gasteiger partial charge >= 0.3 is 6.36 Å². The van der Waals surface area contributed by atoms with Gasteiger partial charge < -0.3 is 15.2 Å². The molecule has 2 rings (SSSR count). The molecule has 0 atom stereocenters. The lowest BCUT2D eigenvalue weighted by Crippen LogP contribution is -2.36. The van der Waals surface area contributed by atoms with Crippen LogP contribution in [0.2, 0.25) is 0 Å². The molecule has 1 aromatic carbocycles. The van der Waals surface area contributed by atoms with Crippen molar-refractivity contribution in [2.24, 2.45) is 0 Å². The molecule has 0 amide bonds. The number of ether oxygens (including phenoxy) is 1. The maximum Gasteiger partial charge on any atom is 0.573 e. The van der Waals surface area contributed by atoms with Crippen molar-refractivity contribution in [2.45, 2.75) is 50.5 Å². The first-order valence-electron chi connectivity index (χ1n) is 7.18. The number of benzene rings is 1. The Hall–Kier alpha value is -1.43. The van der Waals surface area contributed by atoms with Crippen LogP contribution in [0.1, 0.15) is 38.5 Å². The van der Waals surface area contributed by atoms with Crippen LogP contribution in [0.3, 0.4) is 0 Å². The van der Waals surface area contributed by atoms with Gasteiger partial charge in [0.2, 0.25) is 0 Å². The fourth-order valence-corrected chi connectivity index (χ4v) is 2.63. The summed E-state index contributed by atoms with van der Waals surface area (Å²) in [6.45, 7) is 0.336. The zero-order valence-corrected chi connectivity index (χ0v) is 11.7. The normalized spacial score (nSPS) is 18.9. The van der Waals surface area contributed by atoms with Crippen molar-refractivity contribution in [3.63, 3.8) is 0 Å². The van der Waals surface area contributed by atoms with Crippen molar-refractivity contribution < 1.29 is 23.0 Å². The van der Waals surface area contributed by atoms with Gasteiger partial charge in [-0.3, -0.25) is 0 Å². The zero-order valence-electron chi connectivity index (χ0n) is 11.7. The van der Waals surface area contributed by atoms with E-state index in [2.05, 4.69) is 10.1 Å². The lowest BCUT2D eigenvalue weighted by molar-refractivity contribution is -0.274. The average molecular weight is 303 g/mol. The summed E-state index contributed by atoms with van der Waals surface area (Å²) < 4.78 is 40.4. The van der Waals surface area contributed by atoms with Crippen molar-refractivity contribution in [1.29, 1.82) is 0 Å². The van der Waals surface area contributed by atoms with Crippen molar-refractivity contribution in [3.05, 3.63) is 24.3 Å². The van der Waals surface area contributed by atoms with E-state index in [4.69, 9.17) is 0 Å². The first-order valence-corrected chi connectivity index (χ1v) is 7.18. The molecular weight excluding hydrogens is 283 g/mol. The summed E-state index contributed by atoms with van der Waals surface area (Å²) >= 11 is 0. The third-order valence-electron chi connectivity index (χ3n) is 3.72. The summed E-state index contributed by atoms with van der Waals surface area (Å²) in [6, 6.07) is 5.68. The van der Waals surface area contributed by atoms with Crippen LogP contribution >= 0.6 is 0 Å². The highest BCUT2D eigenvalue weighted by Gasteiger charge is 2.31. The summed E-state index contributed by atoms with van der Waals surface area (Å²) in [4.78, 5) is 0. The van der Waals surface area contributed by atoms with Crippen LogP contribution in [-0.2, 0) is 0 Å². The molecular formula is C15H20F3NO2. The summed E-state index contributed by atoms with van der Waals surface area (Å²) in [5.41, 5.74) is -0.272. The van der Waals surface area contributed by atoms with E-state index in [1.165, 1.54) is 18.2 Å². The van der Waals surface area contributed by atoms with Crippen molar-refractivity contribution in [1.82, 2.24) is 0 Å². The molecule has 0 saturated heterocycles. The second-order valence-corrected chi connectivity index (χ2v) is 5.57. The molecule has 118 valence electrons. The van der Waals surface area contributed by atoms with Gasteiger partial charge in [-0.1, -0.05) is 31.7 Å². The van der Waals surface area contributed by atoms with Gasteiger partial charge in [0.15, 0.2) is 0 Å². The molecule has 1 saturated carbocycles. The average Bonchev–Trinajstić information content (AvgIpc) is 2.61. The topological polar surface area (TPSA) is 41.5 Å². The molecule has 3 nitrogen and oxygen atoms in total. The molecule has 0 radical (unpaired) electrons. The van der Waals surface area contributed by atoms with E-state index in [1.54, 1.807) is 6.07 Å². The molecule has 1 aliphatic carbocycles. The SMILES string of the molecule is OC1(CNc2cccc(OC(F)(F)F)c2)CCCCCC1. The van der Waals surface area contributed by atoms with E-state index in [1.807, 2.05) is 0 Å². The number of hydrogen-bond acceptors (Lipinski definition) is 3. The second-order valence-electron chi connectivity index (χ2n) is 5.57. The van der Waals surface area contributed by atoms with Gasteiger partial charge in [0.1, 0.15) is 5.75 Å². The number of halogens is 3. The minimum absolute atomic E-state index is 0.264. The molecule has 0 heterocycles. The highest BCUT2D eigenvalue weighted by atomic mass is 19.4. The van der Waals surface area contributed by atoms with Crippen molar-refractivity contribution in [3.8, 4) is 5.75 Å². The second kappa shape index (κ2) is 6.56. The van der Waals surface area contributed by atoms with Gasteiger partial charge in [-0.2, -0.15) is 0 Å². The Kier molecular flexibility index (Phi) is 4.98. The van der Waals surface area contributed by atoms with Crippen LogP contribution in [0.4, 0.5) is 18.9 Å². The molecule has 21 heavy (non-hydrogen) atoms. The van der Waals surface area contributed by atoms with Gasteiger partial charge in [0.05, 0.1) is 5.60 Å². The largest absolute Gasteiger partial charge is 0.573 e. The van der Waals surface area contributed by atoms with Crippen molar-refractivity contribution in [2.75, 3.05) is 11.9 Å². The third-order valence-corrected chi connectivity index (χ3v) is 3.72. The van der Waals surface area contributed by atoms with Crippen LogP contribution in [0, 0.1) is 0 Å². The first-order chi connectivity index (χ1) is 9.86. The Bertz CT molecular complexity index is 454. The molecule has 1 aliphatic rings. The summed E-state index contributed by atoms with van der Waals surface area (Å²) in [5, 5.41) is 13.5. The third kappa shape index (κ3) is 5.46. The quantitative estimate of drug-likeness (QED) is 0.823. The first kappa shape index (κ1) is 15.9. The Morgan fingerprint density at radius 1 is 1.14 bits per heavy atom. The predicted molar refractivity (Wildman–Crippen MR) is 74.3 cm³/mol. The molecule has 0 aliphatic heterocycles. The minimum atomic E-state index is -4.70. The van der Waals surface area contributed by atoms with Crippen LogP contribution < -0.4 is 10.1 Å². The predicted octanol–water partition coefficient (Wildman–Crippen LogP) is 4.08. The Morgan fingerprint density at radius 3 is 2.43 bits per heavy atom. The van der Waals surface area contributed by atoms with Gasteiger partial charge in [-0.05, 0) is 25.0 Å². The number of anilines is 1. The van der Waals surface area contributed by atoms with E-state index in [-0.39, 0.29) is 5.75 Å². The highest BCUT2D eigenvalue weighted by Crippen LogP contribution is 2.29. The Morgan fingerprint density at radius 2 is 1.81 bits per heavy atom. The number of hydrogen-bond donors (Lipinski definition) is 2. The molecule has 0 unspecified atom stereocenters. The molecule has 0 aromatic heterocycles. The van der Waals surface area contributed by atoms with Crippen LogP contribution in [-0.4, -0.2) is 23.6 Å². The standard InChI is InChI=1S/C15H20F3NO2/c16-15(17,18)21-13-7-5-6-12(10-13)19-11-14(20)8-3-1-2-4-9-14/h5-7,10,19-20H,1-4,8-9,11H2. The van der Waals surface area contributed by atoms with Crippen LogP contribution in [0.25, 0.3) is 0 Å². The van der Waals surface area contributed by atoms with Crippen molar-refractivity contribution >= 4 is 5.69 Å². The molecule has 1 fully saturated rings. The molecule has 0 spiro atoms. The highest BCUT2D eigenvalue weighted by molar-refractivity contribution is 5.48. The van der Waals surface area contributed by atoms with E-state index >= 15 is 0 Å². The number of aliphatic hydroxyl groups is 1. The molecule has 1 aromatic rings. The number of rotatable bonds is 4. The zero-order chi connectivity index (χ0) is 15.3. The Labute approximate surface area is 122 Å².